The Morgan fingerprint density at radius 3 is 2.16 bits per heavy atom. The van der Waals surface area contributed by atoms with E-state index in [1.165, 1.54) is 26.1 Å². The maximum Gasteiger partial charge on any atom is 0.274 e. The highest BCUT2D eigenvalue weighted by Crippen LogP contribution is 2.44. The largest absolute Gasteiger partial charge is 0.504 e. The quantitative estimate of drug-likeness (QED) is 0.0686. The van der Waals surface area contributed by atoms with Crippen LogP contribution in [0.25, 0.3) is 22.5 Å². The number of nitrogens with one attached hydrogen (secondary N) is 5. The molecule has 1 aliphatic heterocycles. The topological polar surface area (TPSA) is 349 Å². The molecule has 0 radical (unpaired) electrons. The number of amides is 5. The fourth-order valence-electron chi connectivity index (χ4n) is 7.68. The summed E-state index contributed by atoms with van der Waals surface area (Å²) >= 11 is 0. The van der Waals surface area contributed by atoms with Crippen molar-refractivity contribution in [2.24, 2.45) is 16.6 Å². The summed E-state index contributed by atoms with van der Waals surface area (Å²) in [5.74, 6) is -4.48. The van der Waals surface area contributed by atoms with Crippen molar-refractivity contribution in [2.75, 3.05) is 46.4 Å². The van der Waals surface area contributed by atoms with Crippen LogP contribution in [-0.2, 0) is 41.2 Å². The third-order valence-corrected chi connectivity index (χ3v) is 11.8. The number of aryl methyl sites for hydroxylation is 2. The van der Waals surface area contributed by atoms with E-state index in [4.69, 9.17) is 31.3 Å². The predicted octanol–water partition coefficient (Wildman–Crippen LogP) is 0.382. The van der Waals surface area contributed by atoms with Crippen molar-refractivity contribution in [1.82, 2.24) is 40.9 Å². The van der Waals surface area contributed by atoms with Gasteiger partial charge in [-0.3, -0.25) is 24.0 Å². The summed E-state index contributed by atoms with van der Waals surface area (Å²) in [7, 11) is -3.28. The first-order chi connectivity index (χ1) is 33.0. The first-order valence-corrected chi connectivity index (χ1v) is 23.7. The molecule has 22 nitrogen and oxygen atoms in total. The molecule has 374 valence electrons. The Morgan fingerprint density at radius 2 is 1.57 bits per heavy atom. The van der Waals surface area contributed by atoms with Gasteiger partial charge in [-0.1, -0.05) is 51.1 Å². The zero-order valence-corrected chi connectivity index (χ0v) is 40.8. The van der Waals surface area contributed by atoms with E-state index in [0.717, 1.165) is 10.5 Å². The molecule has 0 fully saturated rings. The number of aromatic nitrogens is 2. The minimum atomic E-state index is -4.48. The van der Waals surface area contributed by atoms with Crippen molar-refractivity contribution in [3.63, 3.8) is 0 Å². The fraction of sp³-hybridized carbons (Fsp3) is 0.404. The highest BCUT2D eigenvalue weighted by atomic mass is 32.2. The average molecular weight is 985 g/mol. The van der Waals surface area contributed by atoms with Crippen molar-refractivity contribution in [3.05, 3.63) is 88.2 Å². The summed E-state index contributed by atoms with van der Waals surface area (Å²) in [6, 6.07) is 10.8. The van der Waals surface area contributed by atoms with Gasteiger partial charge in [0.15, 0.2) is 17.3 Å². The van der Waals surface area contributed by atoms with Crippen LogP contribution in [0.5, 0.6) is 17.2 Å². The molecule has 0 aliphatic carbocycles. The second kappa shape index (κ2) is 22.9. The van der Waals surface area contributed by atoms with E-state index in [1.807, 2.05) is 35.1 Å². The molecule has 3 aromatic carbocycles. The van der Waals surface area contributed by atoms with Crippen LogP contribution in [0, 0.1) is 25.2 Å². The molecule has 0 saturated heterocycles. The lowest BCUT2D eigenvalue weighted by molar-refractivity contribution is -0.141. The maximum atomic E-state index is 14.9. The Balaban J connectivity index is 1.64. The van der Waals surface area contributed by atoms with Gasteiger partial charge in [0.1, 0.15) is 49.7 Å². The Morgan fingerprint density at radius 1 is 0.943 bits per heavy atom. The number of carbonyl (C=O) groups is 5. The second-order valence-corrected chi connectivity index (χ2v) is 19.0. The van der Waals surface area contributed by atoms with Gasteiger partial charge in [-0.2, -0.15) is 18.4 Å². The fourth-order valence-corrected chi connectivity index (χ4v) is 8.08. The van der Waals surface area contributed by atoms with Gasteiger partial charge in [0.25, 0.3) is 16.1 Å². The van der Waals surface area contributed by atoms with E-state index in [1.54, 1.807) is 32.0 Å². The number of nitrogens with two attached hydrogens (primary N) is 3. The van der Waals surface area contributed by atoms with Crippen LogP contribution in [0.15, 0.2) is 54.6 Å². The van der Waals surface area contributed by atoms with Crippen LogP contribution in [0.4, 0.5) is 0 Å². The van der Waals surface area contributed by atoms with Crippen molar-refractivity contribution in [3.8, 4) is 45.8 Å². The summed E-state index contributed by atoms with van der Waals surface area (Å²) in [6.07, 6.45) is -0.120. The molecular formula is C47H60N12O10S. The van der Waals surface area contributed by atoms with E-state index in [-0.39, 0.29) is 89.8 Å². The van der Waals surface area contributed by atoms with Crippen LogP contribution in [0.2, 0.25) is 0 Å². The van der Waals surface area contributed by atoms with Gasteiger partial charge in [-0.15, -0.1) is 0 Å². The number of fused-ring (bicyclic) bond motifs is 5. The molecule has 23 heteroatoms. The van der Waals surface area contributed by atoms with Crippen LogP contribution < -0.4 is 52.1 Å². The van der Waals surface area contributed by atoms with Gasteiger partial charge >= 0.3 is 0 Å². The average Bonchev–Trinajstić information content (AvgIpc) is 3.29. The van der Waals surface area contributed by atoms with Crippen LogP contribution >= 0.6 is 0 Å². The molecule has 2 heterocycles. The number of nitrogens with zero attached hydrogens (tertiary/aromatic N) is 4. The Bertz CT molecular complexity index is 2750. The Labute approximate surface area is 406 Å². The van der Waals surface area contributed by atoms with Crippen molar-refractivity contribution in [2.45, 2.75) is 77.5 Å². The minimum absolute atomic E-state index is 0.000776. The number of hydrogen-bond donors (Lipinski definition) is 9. The number of hydrogen-bond acceptors (Lipinski definition) is 15. The molecular weight excluding hydrogens is 925 g/mol. The lowest BCUT2D eigenvalue weighted by Crippen LogP contribution is -2.57. The molecule has 1 aliphatic rings. The summed E-state index contributed by atoms with van der Waals surface area (Å²) in [5, 5.41) is 36.5. The lowest BCUT2D eigenvalue weighted by atomic mass is 9.86. The predicted molar refractivity (Wildman–Crippen MR) is 258 cm³/mol. The van der Waals surface area contributed by atoms with Gasteiger partial charge in [0.2, 0.25) is 23.6 Å². The van der Waals surface area contributed by atoms with E-state index in [9.17, 15) is 37.5 Å². The number of phenolic OH excluding ortho intramolecular Hbond substituents is 1. The first-order valence-electron chi connectivity index (χ1n) is 22.2. The van der Waals surface area contributed by atoms with E-state index in [2.05, 4.69) is 52.0 Å². The molecule has 12 N–H and O–H groups in total. The molecule has 4 aromatic rings. The highest BCUT2D eigenvalue weighted by molar-refractivity contribution is 7.87. The van der Waals surface area contributed by atoms with Gasteiger partial charge in [0, 0.05) is 49.8 Å². The Hall–Kier alpha value is -7.23. The highest BCUT2D eigenvalue weighted by Gasteiger charge is 2.37. The Kier molecular flexibility index (Phi) is 17.6. The summed E-state index contributed by atoms with van der Waals surface area (Å²) in [5.41, 5.74) is 14.4. The number of nitriles is 1. The van der Waals surface area contributed by atoms with E-state index in [0.29, 0.717) is 17.0 Å². The SMILES string of the molecule is Cc1nc(-c2ccc(C(C)(C)C)cc2)nc(C)c1C(=O)NC(CNS(N)(=O)=O)C(=O)N(C)C1C(=O)NC(C)C(=O)NC(C(=O)NCC#N)Cc2ccc(OCCN)c(c2)-c2cc1cc(OCCN)c2O. The van der Waals surface area contributed by atoms with E-state index >= 15 is 0 Å². The van der Waals surface area contributed by atoms with Gasteiger partial charge in [-0.05, 0) is 67.1 Å². The number of likely N-dealkylation sites (N-methyl/N-ethyl adjacent to an activating group) is 1. The minimum Gasteiger partial charge on any atom is -0.504 e. The summed E-state index contributed by atoms with van der Waals surface area (Å²) < 4.78 is 38.5. The van der Waals surface area contributed by atoms with Crippen LogP contribution in [0.1, 0.15) is 72.2 Å². The molecule has 4 unspecified atom stereocenters. The molecule has 5 amide bonds. The molecule has 0 saturated carbocycles. The second-order valence-electron chi connectivity index (χ2n) is 17.6. The number of phenols is 1. The lowest BCUT2D eigenvalue weighted by Gasteiger charge is -2.33. The number of aromatic hydroxyl groups is 1. The third kappa shape index (κ3) is 13.3. The molecule has 5 rings (SSSR count). The smallest absolute Gasteiger partial charge is 0.274 e. The standard InChI is InChI=1S/C47H60N12O10S/c1-25-38(26(2)55-41(54-25)29-9-11-31(12-10-29)47(4,5)6)44(63)58-35(24-53-70(51,66)67)46(65)59(7)39-30-22-33(40(60)37(23-30)69-19-16-50)32-20-28(8-13-36(32)68-18-15-49)21-34(43(62)52-17-14-48)57-42(61)27(3)56-45(39)64/h8-13,20,22-23,27,34-35,39,53,60H,15-19,21,24,49-50H2,1-7H3,(H,52,62)(H,56,64)(H,57,61)(H,58,63)(H2,51,66,67). The summed E-state index contributed by atoms with van der Waals surface area (Å²) in [6.45, 7) is 9.58. The normalized spacial score (nSPS) is 16.6. The monoisotopic (exact) mass is 984 g/mol. The third-order valence-electron chi connectivity index (χ3n) is 11.2. The maximum absolute atomic E-state index is 14.9. The van der Waals surface area contributed by atoms with Crippen molar-refractivity contribution in [1.29, 1.82) is 5.26 Å². The molecule has 4 bridgehead atoms. The van der Waals surface area contributed by atoms with Crippen molar-refractivity contribution < 1.29 is 47.0 Å². The van der Waals surface area contributed by atoms with Gasteiger partial charge in [-0.25, -0.2) is 15.1 Å². The molecule has 1 aromatic heterocycles. The number of carbonyl (C=O) groups excluding carboxylic acids is 5. The van der Waals surface area contributed by atoms with Crippen molar-refractivity contribution >= 4 is 39.7 Å². The zero-order valence-electron chi connectivity index (χ0n) is 40.0. The van der Waals surface area contributed by atoms with Gasteiger partial charge in [0.05, 0.1) is 23.0 Å². The van der Waals surface area contributed by atoms with Gasteiger partial charge < -0.3 is 52.2 Å². The molecule has 0 spiro atoms. The number of ether oxygens (including phenoxy) is 2. The number of rotatable bonds is 16. The van der Waals surface area contributed by atoms with E-state index < -0.39 is 76.2 Å². The zero-order chi connectivity index (χ0) is 51.7. The molecule has 70 heavy (non-hydrogen) atoms. The number of benzene rings is 3. The van der Waals surface area contributed by atoms with Crippen LogP contribution in [-0.4, -0.2) is 122 Å². The molecule has 4 atom stereocenters. The first kappa shape index (κ1) is 53.7. The van der Waals surface area contributed by atoms with Crippen LogP contribution in [0.3, 0.4) is 0 Å². The summed E-state index contributed by atoms with van der Waals surface area (Å²) in [4.78, 5) is 81.1.